The van der Waals surface area contributed by atoms with Crippen molar-refractivity contribution in [3.63, 3.8) is 0 Å². The second kappa shape index (κ2) is 5.68. The van der Waals surface area contributed by atoms with Crippen molar-refractivity contribution in [3.8, 4) is 11.8 Å². The molecule has 1 aromatic carbocycles. The van der Waals surface area contributed by atoms with E-state index >= 15 is 0 Å². The molecule has 0 spiro atoms. The highest BCUT2D eigenvalue weighted by atomic mass is 15.1. The van der Waals surface area contributed by atoms with E-state index in [0.29, 0.717) is 11.5 Å². The molecule has 0 saturated heterocycles. The van der Waals surface area contributed by atoms with Crippen LogP contribution < -0.4 is 5.73 Å². The SMILES string of the molecule is CC(C)CC(N)c1cncn1-c1ccc(C#N)cc1. The van der Waals surface area contributed by atoms with Crippen LogP contribution in [0.1, 0.15) is 37.6 Å². The lowest BCUT2D eigenvalue weighted by Gasteiger charge is -2.16. The maximum absolute atomic E-state index is 8.81. The average molecular weight is 254 g/mol. The summed E-state index contributed by atoms with van der Waals surface area (Å²) < 4.78 is 1.98. The Bertz CT molecular complexity index is 575. The van der Waals surface area contributed by atoms with Gasteiger partial charge in [-0.1, -0.05) is 13.8 Å². The molecular weight excluding hydrogens is 236 g/mol. The van der Waals surface area contributed by atoms with Crippen molar-refractivity contribution in [2.75, 3.05) is 0 Å². The van der Waals surface area contributed by atoms with Crippen molar-refractivity contribution in [2.45, 2.75) is 26.3 Å². The van der Waals surface area contributed by atoms with Crippen LogP contribution in [0.2, 0.25) is 0 Å². The van der Waals surface area contributed by atoms with E-state index in [1.807, 2.05) is 22.9 Å². The predicted octanol–water partition coefficient (Wildman–Crippen LogP) is 2.79. The van der Waals surface area contributed by atoms with Gasteiger partial charge in [-0.15, -0.1) is 0 Å². The maximum Gasteiger partial charge on any atom is 0.0994 e. The minimum atomic E-state index is -0.0295. The summed E-state index contributed by atoms with van der Waals surface area (Å²) >= 11 is 0. The van der Waals surface area contributed by atoms with E-state index in [0.717, 1.165) is 17.8 Å². The van der Waals surface area contributed by atoms with E-state index in [1.54, 1.807) is 18.5 Å². The summed E-state index contributed by atoms with van der Waals surface area (Å²) in [5.41, 5.74) is 8.85. The van der Waals surface area contributed by atoms with Gasteiger partial charge in [-0.3, -0.25) is 0 Å². The highest BCUT2D eigenvalue weighted by Gasteiger charge is 2.14. The number of nitrogens with zero attached hydrogens (tertiary/aromatic N) is 3. The van der Waals surface area contributed by atoms with E-state index in [9.17, 15) is 0 Å². The van der Waals surface area contributed by atoms with Crippen LogP contribution in [0.3, 0.4) is 0 Å². The first-order valence-electron chi connectivity index (χ1n) is 6.40. The summed E-state index contributed by atoms with van der Waals surface area (Å²) in [5.74, 6) is 0.541. The molecule has 0 aliphatic carbocycles. The van der Waals surface area contributed by atoms with Gasteiger partial charge in [0.25, 0.3) is 0 Å². The lowest BCUT2D eigenvalue weighted by molar-refractivity contribution is 0.498. The number of rotatable bonds is 4. The second-order valence-corrected chi connectivity index (χ2v) is 5.08. The highest BCUT2D eigenvalue weighted by molar-refractivity contribution is 5.40. The Kier molecular flexibility index (Phi) is 3.98. The molecule has 0 radical (unpaired) electrons. The lowest BCUT2D eigenvalue weighted by Crippen LogP contribution is -2.16. The minimum absolute atomic E-state index is 0.0295. The van der Waals surface area contributed by atoms with E-state index in [4.69, 9.17) is 11.0 Å². The van der Waals surface area contributed by atoms with Crippen molar-refractivity contribution < 1.29 is 0 Å². The first-order chi connectivity index (χ1) is 9.11. The fourth-order valence-electron chi connectivity index (χ4n) is 2.12. The largest absolute Gasteiger partial charge is 0.323 e. The number of aromatic nitrogens is 2. The molecule has 0 saturated carbocycles. The number of benzene rings is 1. The molecule has 1 atom stereocenters. The van der Waals surface area contributed by atoms with Gasteiger partial charge in [-0.25, -0.2) is 4.98 Å². The zero-order valence-electron chi connectivity index (χ0n) is 11.2. The van der Waals surface area contributed by atoms with E-state index in [1.165, 1.54) is 0 Å². The van der Waals surface area contributed by atoms with Gasteiger partial charge >= 0.3 is 0 Å². The molecule has 4 nitrogen and oxygen atoms in total. The van der Waals surface area contributed by atoms with Crippen molar-refractivity contribution in [1.82, 2.24) is 9.55 Å². The maximum atomic E-state index is 8.81. The number of nitrogens with two attached hydrogens (primary N) is 1. The number of hydrogen-bond acceptors (Lipinski definition) is 3. The van der Waals surface area contributed by atoms with Crippen LogP contribution in [0.5, 0.6) is 0 Å². The molecule has 0 fully saturated rings. The summed E-state index contributed by atoms with van der Waals surface area (Å²) in [4.78, 5) is 4.19. The molecule has 0 bridgehead atoms. The number of imidazole rings is 1. The summed E-state index contributed by atoms with van der Waals surface area (Å²) in [6, 6.07) is 9.50. The van der Waals surface area contributed by atoms with Gasteiger partial charge < -0.3 is 10.3 Å². The van der Waals surface area contributed by atoms with Crippen LogP contribution in [0.15, 0.2) is 36.8 Å². The third-order valence-electron chi connectivity index (χ3n) is 3.05. The van der Waals surface area contributed by atoms with Crippen LogP contribution in [0.25, 0.3) is 5.69 Å². The standard InChI is InChI=1S/C15H18N4/c1-11(2)7-14(17)15-9-18-10-19(15)13-5-3-12(8-16)4-6-13/h3-6,9-11,14H,7,17H2,1-2H3. The highest BCUT2D eigenvalue weighted by Crippen LogP contribution is 2.21. The van der Waals surface area contributed by atoms with E-state index in [2.05, 4.69) is 24.9 Å². The van der Waals surface area contributed by atoms with Crippen molar-refractivity contribution in [2.24, 2.45) is 11.7 Å². The van der Waals surface area contributed by atoms with E-state index in [-0.39, 0.29) is 6.04 Å². The van der Waals surface area contributed by atoms with Gasteiger partial charge in [0.1, 0.15) is 0 Å². The molecular formula is C15H18N4. The monoisotopic (exact) mass is 254 g/mol. The zero-order chi connectivity index (χ0) is 13.8. The number of nitriles is 1. The predicted molar refractivity (Wildman–Crippen MR) is 74.7 cm³/mol. The van der Waals surface area contributed by atoms with Crippen LogP contribution in [0.4, 0.5) is 0 Å². The Morgan fingerprint density at radius 1 is 1.32 bits per heavy atom. The van der Waals surface area contributed by atoms with E-state index < -0.39 is 0 Å². The normalized spacial score (nSPS) is 12.4. The zero-order valence-corrected chi connectivity index (χ0v) is 11.2. The molecule has 2 rings (SSSR count). The Balaban J connectivity index is 2.30. The van der Waals surface area contributed by atoms with Gasteiger partial charge in [0.2, 0.25) is 0 Å². The van der Waals surface area contributed by atoms with Crippen LogP contribution in [0, 0.1) is 17.2 Å². The molecule has 19 heavy (non-hydrogen) atoms. The summed E-state index contributed by atoms with van der Waals surface area (Å²) in [7, 11) is 0. The van der Waals surface area contributed by atoms with Crippen LogP contribution in [-0.4, -0.2) is 9.55 Å². The number of hydrogen-bond donors (Lipinski definition) is 1. The molecule has 1 heterocycles. The van der Waals surface area contributed by atoms with Gasteiger partial charge in [-0.05, 0) is 36.6 Å². The fourth-order valence-corrected chi connectivity index (χ4v) is 2.12. The summed E-state index contributed by atoms with van der Waals surface area (Å²) in [6.07, 6.45) is 4.49. The molecule has 98 valence electrons. The summed E-state index contributed by atoms with van der Waals surface area (Å²) in [5, 5.41) is 8.81. The topological polar surface area (TPSA) is 67.6 Å². The van der Waals surface area contributed by atoms with Crippen LogP contribution >= 0.6 is 0 Å². The fraction of sp³-hybridized carbons (Fsp3) is 0.333. The van der Waals surface area contributed by atoms with Gasteiger partial charge in [0, 0.05) is 11.7 Å². The summed E-state index contributed by atoms with van der Waals surface area (Å²) in [6.45, 7) is 4.31. The molecule has 2 N–H and O–H groups in total. The Labute approximate surface area is 113 Å². The molecule has 0 aliphatic rings. The molecule has 1 aromatic heterocycles. The first-order valence-corrected chi connectivity index (χ1v) is 6.40. The Morgan fingerprint density at radius 2 is 2.00 bits per heavy atom. The first kappa shape index (κ1) is 13.3. The Hall–Kier alpha value is -2.12. The van der Waals surface area contributed by atoms with Gasteiger partial charge in [0.05, 0.1) is 29.9 Å². The third-order valence-corrected chi connectivity index (χ3v) is 3.05. The van der Waals surface area contributed by atoms with Gasteiger partial charge in [0.15, 0.2) is 0 Å². The van der Waals surface area contributed by atoms with Crippen molar-refractivity contribution >= 4 is 0 Å². The Morgan fingerprint density at radius 3 is 2.58 bits per heavy atom. The smallest absolute Gasteiger partial charge is 0.0994 e. The third kappa shape index (κ3) is 3.01. The average Bonchev–Trinajstić information content (AvgIpc) is 2.87. The van der Waals surface area contributed by atoms with Crippen molar-refractivity contribution in [1.29, 1.82) is 5.26 Å². The second-order valence-electron chi connectivity index (χ2n) is 5.08. The van der Waals surface area contributed by atoms with Crippen LogP contribution in [-0.2, 0) is 0 Å². The van der Waals surface area contributed by atoms with Gasteiger partial charge in [-0.2, -0.15) is 5.26 Å². The molecule has 2 aromatic rings. The molecule has 1 unspecified atom stereocenters. The minimum Gasteiger partial charge on any atom is -0.323 e. The molecule has 0 amide bonds. The van der Waals surface area contributed by atoms with Crippen molar-refractivity contribution in [3.05, 3.63) is 48.0 Å². The lowest BCUT2D eigenvalue weighted by atomic mass is 10.0. The molecule has 0 aliphatic heterocycles. The molecule has 4 heteroatoms. The quantitative estimate of drug-likeness (QED) is 0.912.